The maximum atomic E-state index is 2.55. The van der Waals surface area contributed by atoms with Gasteiger partial charge in [0.15, 0.2) is 0 Å². The highest BCUT2D eigenvalue weighted by Crippen LogP contribution is 2.43. The number of hydrogen-bond acceptors (Lipinski definition) is 0. The third kappa shape index (κ3) is 28.9. The second-order valence-electron chi connectivity index (χ2n) is 41.6. The van der Waals surface area contributed by atoms with E-state index in [0.717, 1.165) is 125 Å². The molecule has 6 nitrogen and oxygen atoms in total. The molecule has 0 aromatic heterocycles. The maximum Gasteiger partial charge on any atom is 0.0890 e. The molecule has 0 aliphatic carbocycles. The molecular weight excluding hydrogens is 1270 g/mol. The largest absolute Gasteiger partial charge is 0.358 e. The number of quaternary nitrogens is 6. The summed E-state index contributed by atoms with van der Waals surface area (Å²) in [6.45, 7) is 81.8. The predicted molar refractivity (Wildman–Crippen MR) is 474 cm³/mol. The van der Waals surface area contributed by atoms with Crippen molar-refractivity contribution in [3.05, 3.63) is 44.6 Å². The molecule has 0 N–H and O–H groups in total. The minimum atomic E-state index is 0. The van der Waals surface area contributed by atoms with E-state index in [2.05, 4.69) is 145 Å². The van der Waals surface area contributed by atoms with Gasteiger partial charge in [-0.3, -0.25) is 0 Å². The third-order valence-corrected chi connectivity index (χ3v) is 34.5. The molecule has 0 aromatic rings. The van der Waals surface area contributed by atoms with Crippen molar-refractivity contribution in [1.82, 2.24) is 0 Å². The molecule has 0 amide bonds. The lowest BCUT2D eigenvalue weighted by atomic mass is 9.81. The Morgan fingerprint density at radius 1 is 0.171 bits per heavy atom. The molecule has 21 atom stereocenters. The van der Waals surface area contributed by atoms with E-state index in [1.807, 2.05) is 0 Å². The minimum absolute atomic E-state index is 0. The van der Waals surface area contributed by atoms with Gasteiger partial charge < -0.3 is 71.5 Å². The first kappa shape index (κ1) is 103. The normalized spacial score (nSPS) is 39.3. The van der Waals surface area contributed by atoms with E-state index in [1.54, 1.807) is 0 Å². The van der Waals surface area contributed by atoms with Crippen LogP contribution in [0.1, 0.15) is 344 Å². The minimum Gasteiger partial charge on any atom is -0.358 e. The van der Waals surface area contributed by atoms with Crippen LogP contribution < -0.4 is 0 Å². The fourth-order valence-corrected chi connectivity index (χ4v) is 25.4. The zero-order chi connectivity index (χ0) is 72.2. The first-order chi connectivity index (χ1) is 47.0. The van der Waals surface area contributed by atoms with Crippen molar-refractivity contribution in [2.45, 2.75) is 369 Å². The van der Waals surface area contributed by atoms with E-state index >= 15 is 0 Å². The van der Waals surface area contributed by atoms with Gasteiger partial charge in [-0.25, -0.2) is 0 Å². The molecule has 12 aliphatic rings. The number of hydrogen-bond donors (Lipinski definition) is 0. The average Bonchev–Trinajstić information content (AvgIpc) is 1.72. The van der Waals surface area contributed by atoms with Crippen molar-refractivity contribution in [2.75, 3.05) is 131 Å². The van der Waals surface area contributed by atoms with Crippen molar-refractivity contribution < 1.29 is 26.9 Å². The topological polar surface area (TPSA) is 0 Å². The molecule has 12 aliphatic heterocycles. The maximum absolute atomic E-state index is 2.55. The standard InChI is InChI=1S/3C16H32N.3C15H30N.6CH3/c1-13-9-12-17(10-7-5-6-8-11-17)16(4)15(3)14(13)2;1-13-11-14(2)16(4)17(12-15(13)3)9-7-5-6-8-10-17;1-13-11-14(2)15(3)16(4)17(12-13)9-7-5-6-8-10-17;1-13-8-9-15(3)16(12-14(13)2)10-6-4-5-7-11-16;1-13-8-11-16(12-14(2)15(13)3)9-6-4-5-7-10-16;1-13-10-14(2)15(3)12-16(11-13)8-6-4-5-7-9-16;;;;;;/h3*13-16H,5-12H2,1-4H3;3*13-15H,4-12H2,1-3H3;6*1H3/q6*+1;6*-1. The first-order valence-corrected chi connectivity index (χ1v) is 46.2. The van der Waals surface area contributed by atoms with Crippen molar-refractivity contribution in [3.63, 3.8) is 0 Å². The Labute approximate surface area is 667 Å². The molecule has 0 bridgehead atoms. The highest BCUT2D eigenvalue weighted by Gasteiger charge is 2.48. The summed E-state index contributed by atoms with van der Waals surface area (Å²) in [5.41, 5.74) is 0. The second kappa shape index (κ2) is 48.9. The summed E-state index contributed by atoms with van der Waals surface area (Å²) in [7, 11) is 0. The fourth-order valence-electron chi connectivity index (χ4n) is 25.4. The molecule has 21 unspecified atom stereocenters. The highest BCUT2D eigenvalue weighted by molar-refractivity contribution is 4.82. The quantitative estimate of drug-likeness (QED) is 0.168. The van der Waals surface area contributed by atoms with E-state index in [9.17, 15) is 0 Å². The lowest BCUT2D eigenvalue weighted by Crippen LogP contribution is -2.58. The number of rotatable bonds is 0. The molecule has 0 radical (unpaired) electrons. The van der Waals surface area contributed by atoms with Gasteiger partial charge in [-0.2, -0.15) is 0 Å². The first-order valence-electron chi connectivity index (χ1n) is 46.2. The van der Waals surface area contributed by atoms with Crippen LogP contribution in [0.3, 0.4) is 0 Å². The molecule has 12 rings (SSSR count). The molecule has 630 valence electrons. The molecule has 6 spiro atoms. The summed E-state index contributed by atoms with van der Waals surface area (Å²) in [4.78, 5) is 0. The lowest BCUT2D eigenvalue weighted by molar-refractivity contribution is -0.953. The van der Waals surface area contributed by atoms with Crippen molar-refractivity contribution >= 4 is 0 Å². The SMILES string of the molecule is CC1CC(C)C(C)C(C)[N+]2(CCCCCC2)C1.CC1CC(C)C(C)C[N+]2(CCCCCC2)C1.CC1CC(C)C(C)[N+]2(CCCCCC2)CC1C.CC1CCC(C)[N+]2(CCCCCC2)CC1C.CC1CC[N+]2(CCCCCC2)C(C)C(C)C1C.CC1CC[N+]2(CCCCCC2)CC(C)C1C.[CH3-].[CH3-].[CH3-].[CH3-].[CH3-].[CH3-]. The highest BCUT2D eigenvalue weighted by atomic mass is 15.4. The van der Waals surface area contributed by atoms with Crippen LogP contribution in [-0.2, 0) is 0 Å². The van der Waals surface area contributed by atoms with Crippen LogP contribution in [-0.4, -0.2) is 182 Å². The Morgan fingerprint density at radius 2 is 0.505 bits per heavy atom. The van der Waals surface area contributed by atoms with Crippen molar-refractivity contribution in [3.8, 4) is 0 Å². The Hall–Kier alpha value is -0.240. The molecule has 12 heterocycles. The van der Waals surface area contributed by atoms with E-state index in [0.29, 0.717) is 0 Å². The van der Waals surface area contributed by atoms with Gasteiger partial charge in [-0.1, -0.05) is 118 Å². The van der Waals surface area contributed by atoms with Crippen LogP contribution in [0.2, 0.25) is 0 Å². The molecular formula is C99H204N6. The number of nitrogens with zero attached hydrogens (tertiary/aromatic N) is 6. The Bertz CT molecular complexity index is 2130. The Balaban J connectivity index is 0.000000623. The molecule has 105 heavy (non-hydrogen) atoms. The summed E-state index contributed by atoms with van der Waals surface area (Å²) in [6, 6.07) is 3.58. The van der Waals surface area contributed by atoms with Crippen LogP contribution in [0.5, 0.6) is 0 Å². The average molecular weight is 1480 g/mol. The van der Waals surface area contributed by atoms with Crippen LogP contribution >= 0.6 is 0 Å². The fraction of sp³-hybridized carbons (Fsp3) is 0.939. The van der Waals surface area contributed by atoms with Gasteiger partial charge in [0.05, 0.1) is 155 Å². The van der Waals surface area contributed by atoms with Gasteiger partial charge >= 0.3 is 0 Å². The van der Waals surface area contributed by atoms with Gasteiger partial charge in [0.25, 0.3) is 0 Å². The summed E-state index contributed by atoms with van der Waals surface area (Å²) in [5.74, 6) is 15.7. The van der Waals surface area contributed by atoms with Gasteiger partial charge in [0, 0.05) is 53.3 Å². The molecule has 0 aromatic carbocycles. The van der Waals surface area contributed by atoms with E-state index in [-0.39, 0.29) is 44.6 Å². The second-order valence-corrected chi connectivity index (χ2v) is 41.6. The van der Waals surface area contributed by atoms with E-state index < -0.39 is 0 Å². The lowest BCUT2D eigenvalue weighted by Gasteiger charge is -2.45. The zero-order valence-corrected chi connectivity index (χ0v) is 77.9. The summed E-state index contributed by atoms with van der Waals surface area (Å²) >= 11 is 0. The van der Waals surface area contributed by atoms with Crippen LogP contribution in [0.4, 0.5) is 0 Å². The van der Waals surface area contributed by atoms with Crippen molar-refractivity contribution in [2.24, 2.45) is 101 Å². The predicted octanol–water partition coefficient (Wildman–Crippen LogP) is 26.1. The molecule has 0 saturated carbocycles. The molecule has 6 heteroatoms. The monoisotopic (exact) mass is 1480 g/mol. The van der Waals surface area contributed by atoms with Crippen LogP contribution in [0.15, 0.2) is 0 Å². The van der Waals surface area contributed by atoms with Gasteiger partial charge in [0.2, 0.25) is 0 Å². The van der Waals surface area contributed by atoms with Crippen LogP contribution in [0, 0.1) is 145 Å². The van der Waals surface area contributed by atoms with E-state index in [1.165, 1.54) is 357 Å². The Kier molecular flexibility index (Phi) is 47.8. The van der Waals surface area contributed by atoms with Crippen LogP contribution in [0.25, 0.3) is 0 Å². The molecule has 12 saturated heterocycles. The zero-order valence-electron chi connectivity index (χ0n) is 77.9. The smallest absolute Gasteiger partial charge is 0.0890 e. The van der Waals surface area contributed by atoms with Gasteiger partial charge in [-0.15, -0.1) is 0 Å². The van der Waals surface area contributed by atoms with E-state index in [4.69, 9.17) is 0 Å². The molecule has 12 fully saturated rings. The Morgan fingerprint density at radius 3 is 0.981 bits per heavy atom. The summed E-state index contributed by atoms with van der Waals surface area (Å²) in [6.07, 6.45) is 45.7. The van der Waals surface area contributed by atoms with Crippen molar-refractivity contribution in [1.29, 1.82) is 0 Å². The van der Waals surface area contributed by atoms with Gasteiger partial charge in [0.1, 0.15) is 0 Å². The summed E-state index contributed by atoms with van der Waals surface area (Å²) in [5, 5.41) is 0. The summed E-state index contributed by atoms with van der Waals surface area (Å²) < 4.78 is 8.75. The third-order valence-electron chi connectivity index (χ3n) is 34.5. The van der Waals surface area contributed by atoms with Gasteiger partial charge in [-0.05, 0) is 274 Å².